The van der Waals surface area contributed by atoms with Gasteiger partial charge in [0.1, 0.15) is 11.7 Å². The number of aliphatic hydroxyl groups excluding tert-OH is 4. The van der Waals surface area contributed by atoms with E-state index in [2.05, 4.69) is 26.8 Å². The molecule has 5 nitrogen and oxygen atoms in total. The van der Waals surface area contributed by atoms with Crippen molar-refractivity contribution in [2.24, 2.45) is 22.7 Å². The number of hydrogen-bond donors (Lipinski definition) is 4. The zero-order valence-electron chi connectivity index (χ0n) is 15.7. The number of aliphatic hydroxyl groups is 4. The molecule has 1 saturated heterocycles. The van der Waals surface area contributed by atoms with Crippen LogP contribution >= 0.6 is 0 Å². The Morgan fingerprint density at radius 1 is 1.20 bits per heavy atom. The third-order valence-electron chi connectivity index (χ3n) is 7.95. The molecule has 25 heavy (non-hydrogen) atoms. The lowest BCUT2D eigenvalue weighted by Gasteiger charge is -2.58. The van der Waals surface area contributed by atoms with Crippen LogP contribution < -0.4 is 0 Å². The van der Waals surface area contributed by atoms with Gasteiger partial charge in [0.05, 0.1) is 25.9 Å². The van der Waals surface area contributed by atoms with Crippen LogP contribution in [0.5, 0.6) is 0 Å². The van der Waals surface area contributed by atoms with Gasteiger partial charge in [-0.1, -0.05) is 26.8 Å². The fraction of sp³-hybridized carbons (Fsp3) is 0.900. The minimum absolute atomic E-state index is 0.0266. The molecule has 4 N–H and O–H groups in total. The summed E-state index contributed by atoms with van der Waals surface area (Å²) < 4.78 is 5.42. The first kappa shape index (κ1) is 19.3. The molecule has 0 aromatic rings. The van der Waals surface area contributed by atoms with E-state index in [4.69, 9.17) is 4.74 Å². The number of ether oxygens (including phenoxy) is 1. The topological polar surface area (TPSA) is 93.5 Å². The molecule has 1 saturated carbocycles. The minimum Gasteiger partial charge on any atom is -0.394 e. The first-order valence-corrected chi connectivity index (χ1v) is 9.66. The molecular weight excluding hydrogens is 320 g/mol. The molecule has 0 bridgehead atoms. The highest BCUT2D eigenvalue weighted by Gasteiger charge is 2.61. The number of rotatable bonds is 6. The Balaban J connectivity index is 1.87. The van der Waals surface area contributed by atoms with Gasteiger partial charge in [-0.25, -0.2) is 0 Å². The van der Waals surface area contributed by atoms with Crippen molar-refractivity contribution in [2.75, 3.05) is 19.8 Å². The Labute approximate surface area is 150 Å². The first-order valence-electron chi connectivity index (χ1n) is 9.66. The molecular formula is C20H34O5. The fourth-order valence-electron chi connectivity index (χ4n) is 5.80. The number of hydrogen-bond acceptors (Lipinski definition) is 5. The van der Waals surface area contributed by atoms with Gasteiger partial charge in [-0.15, -0.1) is 0 Å². The summed E-state index contributed by atoms with van der Waals surface area (Å²) in [7, 11) is 0. The molecule has 0 aromatic heterocycles. The van der Waals surface area contributed by atoms with Crippen LogP contribution in [0.2, 0.25) is 0 Å². The maximum Gasteiger partial charge on any atom is 0.145 e. The van der Waals surface area contributed by atoms with Crippen LogP contribution in [0.1, 0.15) is 52.9 Å². The standard InChI is InChI=1S/C20H34O5/c1-13-7-8-18(2)14(10-21)5-4-6-15(18)19(13,3)9-16(23)20(12-25-20)17(24)11-22/h5,13,15-17,21-24H,4,6-12H2,1-3H3/t13-,15-,16-,17+,18-,19-,20+/m1/s1. The minimum atomic E-state index is -1.05. The molecule has 0 unspecified atom stereocenters. The summed E-state index contributed by atoms with van der Waals surface area (Å²) in [4.78, 5) is 0. The van der Waals surface area contributed by atoms with E-state index in [1.165, 1.54) is 0 Å². The molecule has 144 valence electrons. The Morgan fingerprint density at radius 3 is 2.44 bits per heavy atom. The molecule has 5 heteroatoms. The number of fused-ring (bicyclic) bond motifs is 1. The van der Waals surface area contributed by atoms with Gasteiger partial charge in [0, 0.05) is 0 Å². The highest BCUT2D eigenvalue weighted by molar-refractivity contribution is 5.23. The van der Waals surface area contributed by atoms with E-state index >= 15 is 0 Å². The van der Waals surface area contributed by atoms with Crippen molar-refractivity contribution < 1.29 is 25.2 Å². The summed E-state index contributed by atoms with van der Waals surface area (Å²) in [6.07, 6.45) is 5.05. The maximum atomic E-state index is 10.9. The van der Waals surface area contributed by atoms with Gasteiger partial charge >= 0.3 is 0 Å². The summed E-state index contributed by atoms with van der Waals surface area (Å²) in [6.45, 7) is 6.78. The third kappa shape index (κ3) is 2.88. The van der Waals surface area contributed by atoms with E-state index in [9.17, 15) is 20.4 Å². The van der Waals surface area contributed by atoms with Crippen molar-refractivity contribution in [2.45, 2.75) is 70.7 Å². The zero-order chi connectivity index (χ0) is 18.5. The van der Waals surface area contributed by atoms with E-state index in [0.717, 1.165) is 31.3 Å². The molecule has 7 atom stereocenters. The van der Waals surface area contributed by atoms with Crippen molar-refractivity contribution in [1.82, 2.24) is 0 Å². The monoisotopic (exact) mass is 354 g/mol. The van der Waals surface area contributed by atoms with Gasteiger partial charge in [-0.2, -0.15) is 0 Å². The van der Waals surface area contributed by atoms with E-state index in [0.29, 0.717) is 24.9 Å². The van der Waals surface area contributed by atoms with Crippen molar-refractivity contribution >= 4 is 0 Å². The molecule has 0 radical (unpaired) electrons. The molecule has 2 aliphatic carbocycles. The zero-order valence-corrected chi connectivity index (χ0v) is 15.7. The second-order valence-electron chi connectivity index (χ2n) is 9.04. The molecule has 0 amide bonds. The van der Waals surface area contributed by atoms with Crippen molar-refractivity contribution in [3.8, 4) is 0 Å². The Kier molecular flexibility index (Phi) is 5.10. The predicted octanol–water partition coefficient (Wildman–Crippen LogP) is 1.63. The van der Waals surface area contributed by atoms with E-state index < -0.39 is 24.4 Å². The largest absolute Gasteiger partial charge is 0.394 e. The molecule has 3 aliphatic rings. The predicted molar refractivity (Wildman–Crippen MR) is 94.9 cm³/mol. The van der Waals surface area contributed by atoms with Crippen LogP contribution in [0, 0.1) is 22.7 Å². The van der Waals surface area contributed by atoms with Crippen molar-refractivity contribution in [3.05, 3.63) is 11.6 Å². The Hall–Kier alpha value is -0.460. The molecule has 0 aromatic carbocycles. The maximum absolute atomic E-state index is 10.9. The summed E-state index contributed by atoms with van der Waals surface area (Å²) in [5.74, 6) is 0.827. The highest BCUT2D eigenvalue weighted by atomic mass is 16.6. The summed E-state index contributed by atoms with van der Waals surface area (Å²) in [5, 5.41) is 40.2. The molecule has 3 rings (SSSR count). The van der Waals surface area contributed by atoms with Crippen LogP contribution in [0.15, 0.2) is 11.6 Å². The molecule has 1 heterocycles. The first-order chi connectivity index (χ1) is 11.7. The Morgan fingerprint density at radius 2 is 1.88 bits per heavy atom. The van der Waals surface area contributed by atoms with Gasteiger partial charge in [0.25, 0.3) is 0 Å². The van der Waals surface area contributed by atoms with Gasteiger partial charge in [0.15, 0.2) is 0 Å². The summed E-state index contributed by atoms with van der Waals surface area (Å²) in [6, 6.07) is 0. The van der Waals surface area contributed by atoms with E-state index in [1.807, 2.05) is 0 Å². The second-order valence-corrected chi connectivity index (χ2v) is 9.04. The molecule has 2 fully saturated rings. The lowest BCUT2D eigenvalue weighted by molar-refractivity contribution is -0.103. The normalized spacial score (nSPS) is 46.1. The van der Waals surface area contributed by atoms with Crippen LogP contribution in [0.4, 0.5) is 0 Å². The van der Waals surface area contributed by atoms with Gasteiger partial charge in [-0.3, -0.25) is 0 Å². The Bertz CT molecular complexity index is 528. The molecule has 0 spiro atoms. The number of allylic oxidation sites excluding steroid dienone is 1. The summed E-state index contributed by atoms with van der Waals surface area (Å²) >= 11 is 0. The van der Waals surface area contributed by atoms with Crippen LogP contribution in [0.3, 0.4) is 0 Å². The molecule has 1 aliphatic heterocycles. The lowest BCUT2D eigenvalue weighted by atomic mass is 9.46. The second kappa shape index (κ2) is 6.61. The van der Waals surface area contributed by atoms with Crippen LogP contribution in [-0.2, 0) is 4.74 Å². The summed E-state index contributed by atoms with van der Waals surface area (Å²) in [5.41, 5.74) is 0.00980. The SMILES string of the molecule is C[C@@H]1CC[C@]2(C)C(CO)=CCC[C@H]2[C@]1(C)C[C@@H](O)[C@]1([C@@H](O)CO)CO1. The van der Waals surface area contributed by atoms with E-state index in [-0.39, 0.29) is 17.4 Å². The van der Waals surface area contributed by atoms with Crippen LogP contribution in [-0.4, -0.2) is 58.1 Å². The quantitative estimate of drug-likeness (QED) is 0.430. The van der Waals surface area contributed by atoms with Crippen LogP contribution in [0.25, 0.3) is 0 Å². The van der Waals surface area contributed by atoms with Gasteiger partial charge < -0.3 is 25.2 Å². The van der Waals surface area contributed by atoms with Crippen molar-refractivity contribution in [1.29, 1.82) is 0 Å². The number of epoxide rings is 1. The highest BCUT2D eigenvalue weighted by Crippen LogP contribution is 2.62. The van der Waals surface area contributed by atoms with E-state index in [1.54, 1.807) is 0 Å². The van der Waals surface area contributed by atoms with Gasteiger partial charge in [-0.05, 0) is 60.3 Å². The fourth-order valence-corrected chi connectivity index (χ4v) is 5.80. The lowest BCUT2D eigenvalue weighted by Crippen LogP contribution is -2.54. The average molecular weight is 354 g/mol. The third-order valence-corrected chi connectivity index (χ3v) is 7.95. The van der Waals surface area contributed by atoms with Crippen molar-refractivity contribution in [3.63, 3.8) is 0 Å². The van der Waals surface area contributed by atoms with Gasteiger partial charge in [0.2, 0.25) is 0 Å². The smallest absolute Gasteiger partial charge is 0.145 e. The average Bonchev–Trinajstić information content (AvgIpc) is 3.39.